The van der Waals surface area contributed by atoms with Gasteiger partial charge in [-0.1, -0.05) is 42.5 Å². The van der Waals surface area contributed by atoms with Gasteiger partial charge in [0.15, 0.2) is 0 Å². The molecule has 0 saturated heterocycles. The molecule has 2 aromatic rings. The normalized spacial score (nSPS) is 12.2. The van der Waals surface area contributed by atoms with Gasteiger partial charge in [0, 0.05) is 43.5 Å². The number of allylic oxidation sites excluding steroid dienone is 1. The van der Waals surface area contributed by atoms with E-state index in [2.05, 4.69) is 62.2 Å². The van der Waals surface area contributed by atoms with Crippen LogP contribution in [0.15, 0.2) is 54.1 Å². The molecule has 1 N–H and O–H groups in total. The molecule has 0 amide bonds. The molecule has 0 spiro atoms. The largest absolute Gasteiger partial charge is 0.489 e. The Morgan fingerprint density at radius 3 is 2.48 bits per heavy atom. The minimum absolute atomic E-state index is 0.139. The molecule has 0 heterocycles. The van der Waals surface area contributed by atoms with Crippen molar-refractivity contribution in [2.24, 2.45) is 0 Å². The number of benzene rings is 2. The molecule has 0 atom stereocenters. The van der Waals surface area contributed by atoms with Gasteiger partial charge < -0.3 is 14.8 Å². The highest BCUT2D eigenvalue weighted by molar-refractivity contribution is 5.88. The van der Waals surface area contributed by atoms with E-state index in [-0.39, 0.29) is 5.97 Å². The van der Waals surface area contributed by atoms with Gasteiger partial charge >= 0.3 is 5.97 Å². The van der Waals surface area contributed by atoms with Crippen LogP contribution in [0, 0.1) is 0 Å². The molecule has 0 unspecified atom stereocenters. The lowest BCUT2D eigenvalue weighted by Gasteiger charge is -2.30. The lowest BCUT2D eigenvalue weighted by atomic mass is 10.1. The van der Waals surface area contributed by atoms with Crippen LogP contribution in [0.1, 0.15) is 53.4 Å². The fraction of sp³-hybridized carbons (Fsp3) is 0.536. The van der Waals surface area contributed by atoms with Gasteiger partial charge in [0.1, 0.15) is 12.4 Å². The molecule has 5 heteroatoms. The minimum Gasteiger partial charge on any atom is -0.489 e. The smallest absolute Gasteiger partial charge is 0.305 e. The fourth-order valence-electron chi connectivity index (χ4n) is 4.07. The predicted octanol–water partition coefficient (Wildman–Crippen LogP) is 5.59. The number of nitrogens with one attached hydrogen (secondary N) is 1. The van der Waals surface area contributed by atoms with E-state index in [0.29, 0.717) is 25.1 Å². The number of esters is 1. The maximum Gasteiger partial charge on any atom is 0.305 e. The fourth-order valence-corrected chi connectivity index (χ4v) is 4.07. The molecule has 182 valence electrons. The Kier molecular flexibility index (Phi) is 12.0. The van der Waals surface area contributed by atoms with E-state index in [4.69, 9.17) is 9.47 Å². The number of carbonyl (C=O) groups excluding carboxylic acids is 1. The Balaban J connectivity index is 1.94. The zero-order valence-electron chi connectivity index (χ0n) is 21.1. The third-order valence-electron chi connectivity index (χ3n) is 5.88. The van der Waals surface area contributed by atoms with Crippen LogP contribution in [0.2, 0.25) is 0 Å². The van der Waals surface area contributed by atoms with Crippen molar-refractivity contribution in [2.45, 2.75) is 65.5 Å². The van der Waals surface area contributed by atoms with Crippen LogP contribution in [-0.4, -0.2) is 56.3 Å². The molecule has 0 aliphatic carbocycles. The molecule has 0 aliphatic rings. The van der Waals surface area contributed by atoms with Gasteiger partial charge in [0.2, 0.25) is 0 Å². The zero-order valence-corrected chi connectivity index (χ0v) is 21.1. The SMILES string of the molecule is COC(=O)CCCCC=C(CNCCN(C(C)C)C(C)C)COc1cccc2ccccc12. The summed E-state index contributed by atoms with van der Waals surface area (Å²) in [5.41, 5.74) is 1.24. The molecular formula is C28H42N2O3. The van der Waals surface area contributed by atoms with Gasteiger partial charge in [-0.2, -0.15) is 0 Å². The highest BCUT2D eigenvalue weighted by Crippen LogP contribution is 2.25. The first-order valence-electron chi connectivity index (χ1n) is 12.2. The summed E-state index contributed by atoms with van der Waals surface area (Å²) < 4.78 is 11.0. The van der Waals surface area contributed by atoms with Crippen LogP contribution in [-0.2, 0) is 9.53 Å². The number of ether oxygens (including phenoxy) is 2. The number of unbranched alkanes of at least 4 members (excludes halogenated alkanes) is 2. The molecular weight excluding hydrogens is 412 g/mol. The van der Waals surface area contributed by atoms with Gasteiger partial charge in [-0.3, -0.25) is 9.69 Å². The average Bonchev–Trinajstić information content (AvgIpc) is 2.80. The van der Waals surface area contributed by atoms with Gasteiger partial charge in [-0.15, -0.1) is 0 Å². The molecule has 0 radical (unpaired) electrons. The summed E-state index contributed by atoms with van der Waals surface area (Å²) in [6.07, 6.45) is 5.47. The van der Waals surface area contributed by atoms with Crippen LogP contribution in [0.5, 0.6) is 5.75 Å². The Morgan fingerprint density at radius 2 is 1.76 bits per heavy atom. The van der Waals surface area contributed by atoms with E-state index >= 15 is 0 Å². The number of hydrogen-bond acceptors (Lipinski definition) is 5. The van der Waals surface area contributed by atoms with Crippen molar-refractivity contribution in [1.82, 2.24) is 10.2 Å². The third-order valence-corrected chi connectivity index (χ3v) is 5.88. The minimum atomic E-state index is -0.139. The summed E-state index contributed by atoms with van der Waals surface area (Å²) in [5, 5.41) is 5.92. The third kappa shape index (κ3) is 9.56. The second kappa shape index (κ2) is 14.7. The van der Waals surface area contributed by atoms with Crippen molar-refractivity contribution in [3.63, 3.8) is 0 Å². The maximum absolute atomic E-state index is 11.3. The van der Waals surface area contributed by atoms with Gasteiger partial charge in [0.05, 0.1) is 7.11 Å². The summed E-state index contributed by atoms with van der Waals surface area (Å²) in [6.45, 7) is 12.3. The Bertz CT molecular complexity index is 863. The highest BCUT2D eigenvalue weighted by atomic mass is 16.5. The van der Waals surface area contributed by atoms with Crippen molar-refractivity contribution in [1.29, 1.82) is 0 Å². The van der Waals surface area contributed by atoms with Crippen molar-refractivity contribution in [2.75, 3.05) is 33.4 Å². The standard InChI is InChI=1S/C28H42N2O3/c1-22(2)30(23(3)4)19-18-29-20-24(12-7-6-8-17-28(31)32-5)21-33-27-16-11-14-25-13-9-10-15-26(25)27/h9-16,22-23,29H,6-8,17-21H2,1-5H3. The lowest BCUT2D eigenvalue weighted by Crippen LogP contribution is -2.41. The number of methoxy groups -OCH3 is 1. The average molecular weight is 455 g/mol. The van der Waals surface area contributed by atoms with Crippen molar-refractivity contribution < 1.29 is 14.3 Å². The quantitative estimate of drug-likeness (QED) is 0.216. The summed E-state index contributed by atoms with van der Waals surface area (Å²) in [4.78, 5) is 13.8. The first kappa shape index (κ1) is 26.9. The molecule has 33 heavy (non-hydrogen) atoms. The van der Waals surface area contributed by atoms with E-state index in [9.17, 15) is 4.79 Å². The van der Waals surface area contributed by atoms with Gasteiger partial charge in [0.25, 0.3) is 0 Å². The first-order chi connectivity index (χ1) is 15.9. The Labute approximate surface area is 200 Å². The van der Waals surface area contributed by atoms with Gasteiger partial charge in [-0.05, 0) is 64.0 Å². The lowest BCUT2D eigenvalue weighted by molar-refractivity contribution is -0.140. The second-order valence-corrected chi connectivity index (χ2v) is 9.05. The summed E-state index contributed by atoms with van der Waals surface area (Å²) >= 11 is 0. The highest BCUT2D eigenvalue weighted by Gasteiger charge is 2.12. The number of nitrogens with zero attached hydrogens (tertiary/aromatic N) is 1. The summed E-state index contributed by atoms with van der Waals surface area (Å²) in [7, 11) is 1.44. The van der Waals surface area contributed by atoms with Crippen LogP contribution >= 0.6 is 0 Å². The Morgan fingerprint density at radius 1 is 1.03 bits per heavy atom. The monoisotopic (exact) mass is 454 g/mol. The van der Waals surface area contributed by atoms with Crippen molar-refractivity contribution >= 4 is 16.7 Å². The summed E-state index contributed by atoms with van der Waals surface area (Å²) in [6, 6.07) is 15.6. The van der Waals surface area contributed by atoms with Crippen molar-refractivity contribution in [3.8, 4) is 5.75 Å². The predicted molar refractivity (Wildman–Crippen MR) is 138 cm³/mol. The Hall–Kier alpha value is -2.37. The molecule has 0 fully saturated rings. The van der Waals surface area contributed by atoms with E-state index in [0.717, 1.165) is 50.0 Å². The van der Waals surface area contributed by atoms with E-state index in [1.807, 2.05) is 24.3 Å². The van der Waals surface area contributed by atoms with E-state index in [1.54, 1.807) is 0 Å². The molecule has 5 nitrogen and oxygen atoms in total. The number of hydrogen-bond donors (Lipinski definition) is 1. The van der Waals surface area contributed by atoms with Crippen molar-refractivity contribution in [3.05, 3.63) is 54.1 Å². The molecule has 2 aromatic carbocycles. The topological polar surface area (TPSA) is 50.8 Å². The number of carbonyl (C=O) groups is 1. The maximum atomic E-state index is 11.3. The molecule has 0 saturated carbocycles. The van der Waals surface area contributed by atoms with E-state index < -0.39 is 0 Å². The molecule has 0 aromatic heterocycles. The number of rotatable bonds is 15. The first-order valence-corrected chi connectivity index (χ1v) is 12.2. The van der Waals surface area contributed by atoms with Crippen LogP contribution in [0.4, 0.5) is 0 Å². The van der Waals surface area contributed by atoms with Crippen LogP contribution < -0.4 is 10.1 Å². The van der Waals surface area contributed by atoms with E-state index in [1.165, 1.54) is 18.1 Å². The molecule has 0 bridgehead atoms. The van der Waals surface area contributed by atoms with Crippen LogP contribution in [0.3, 0.4) is 0 Å². The summed E-state index contributed by atoms with van der Waals surface area (Å²) in [5.74, 6) is 0.774. The zero-order chi connectivity index (χ0) is 24.1. The molecule has 0 aliphatic heterocycles. The van der Waals surface area contributed by atoms with Crippen LogP contribution in [0.25, 0.3) is 10.8 Å². The number of fused-ring (bicyclic) bond motifs is 1. The van der Waals surface area contributed by atoms with Gasteiger partial charge in [-0.25, -0.2) is 0 Å². The molecule has 2 rings (SSSR count). The second-order valence-electron chi connectivity index (χ2n) is 9.05.